The maximum Gasteiger partial charge on any atom is 0.152 e. The number of piperidine rings is 1. The summed E-state index contributed by atoms with van der Waals surface area (Å²) in [5.41, 5.74) is 2.08. The van der Waals surface area contributed by atoms with Gasteiger partial charge in [0.25, 0.3) is 0 Å². The molecule has 0 aliphatic carbocycles. The molecule has 108 valence electrons. The molecule has 0 atom stereocenters. The van der Waals surface area contributed by atoms with Crippen molar-refractivity contribution in [3.8, 4) is 0 Å². The van der Waals surface area contributed by atoms with Crippen LogP contribution in [0.15, 0.2) is 24.4 Å². The molecular weight excluding hydrogens is 272 g/mol. The predicted molar refractivity (Wildman–Crippen MR) is 83.7 cm³/mol. The Kier molecular flexibility index (Phi) is 3.85. The molecule has 0 bridgehead atoms. The van der Waals surface area contributed by atoms with Gasteiger partial charge in [-0.2, -0.15) is 0 Å². The SMILES string of the molecule is CN(C)C1CCN(c2nc3ccccn3c2CCl)CC1. The van der Waals surface area contributed by atoms with Gasteiger partial charge in [-0.15, -0.1) is 11.6 Å². The third-order valence-electron chi connectivity index (χ3n) is 4.23. The second-order valence-electron chi connectivity index (χ2n) is 5.63. The highest BCUT2D eigenvalue weighted by molar-refractivity contribution is 6.17. The summed E-state index contributed by atoms with van der Waals surface area (Å²) in [5.74, 6) is 1.55. The number of anilines is 1. The zero-order valence-corrected chi connectivity index (χ0v) is 12.8. The van der Waals surface area contributed by atoms with Crippen molar-refractivity contribution in [2.45, 2.75) is 24.8 Å². The molecular formula is C15H21ClN4. The number of hydrogen-bond donors (Lipinski definition) is 0. The molecule has 0 spiro atoms. The number of pyridine rings is 1. The topological polar surface area (TPSA) is 23.8 Å². The standard InChI is InChI=1S/C15H21ClN4/c1-18(2)12-6-9-19(10-7-12)15-13(11-16)20-8-4-3-5-14(20)17-15/h3-5,8,12H,6-7,9-11H2,1-2H3. The average molecular weight is 293 g/mol. The molecule has 3 rings (SSSR count). The second-order valence-corrected chi connectivity index (χ2v) is 5.89. The van der Waals surface area contributed by atoms with Gasteiger partial charge in [0.15, 0.2) is 5.82 Å². The summed E-state index contributed by atoms with van der Waals surface area (Å²) in [4.78, 5) is 9.47. The van der Waals surface area contributed by atoms with E-state index in [-0.39, 0.29) is 0 Å². The zero-order chi connectivity index (χ0) is 14.1. The van der Waals surface area contributed by atoms with Crippen LogP contribution in [0.4, 0.5) is 5.82 Å². The molecule has 2 aromatic rings. The molecule has 2 aromatic heterocycles. The number of rotatable bonds is 3. The Balaban J connectivity index is 1.87. The fourth-order valence-electron chi connectivity index (χ4n) is 3.01. The fourth-order valence-corrected chi connectivity index (χ4v) is 3.25. The van der Waals surface area contributed by atoms with Crippen molar-refractivity contribution >= 4 is 23.1 Å². The molecule has 20 heavy (non-hydrogen) atoms. The first-order valence-electron chi connectivity index (χ1n) is 7.14. The minimum absolute atomic E-state index is 0.494. The lowest BCUT2D eigenvalue weighted by molar-refractivity contribution is 0.249. The quantitative estimate of drug-likeness (QED) is 0.813. The maximum atomic E-state index is 6.16. The van der Waals surface area contributed by atoms with Gasteiger partial charge in [-0.05, 0) is 39.1 Å². The first-order chi connectivity index (χ1) is 9.70. The minimum Gasteiger partial charge on any atom is -0.355 e. The van der Waals surface area contributed by atoms with Crippen molar-refractivity contribution in [1.29, 1.82) is 0 Å². The number of aromatic nitrogens is 2. The van der Waals surface area contributed by atoms with Crippen LogP contribution in [0.5, 0.6) is 0 Å². The number of fused-ring (bicyclic) bond motifs is 1. The van der Waals surface area contributed by atoms with Gasteiger partial charge in [-0.1, -0.05) is 6.07 Å². The fraction of sp³-hybridized carbons (Fsp3) is 0.533. The van der Waals surface area contributed by atoms with Crippen LogP contribution in [0, 0.1) is 0 Å². The lowest BCUT2D eigenvalue weighted by atomic mass is 10.0. The molecule has 0 amide bonds. The molecule has 1 fully saturated rings. The number of nitrogens with zero attached hydrogens (tertiary/aromatic N) is 4. The monoisotopic (exact) mass is 292 g/mol. The predicted octanol–water partition coefficient (Wildman–Crippen LogP) is 2.60. The Labute approximate surface area is 125 Å². The van der Waals surface area contributed by atoms with E-state index < -0.39 is 0 Å². The van der Waals surface area contributed by atoms with Crippen molar-refractivity contribution < 1.29 is 0 Å². The van der Waals surface area contributed by atoms with E-state index in [9.17, 15) is 0 Å². The van der Waals surface area contributed by atoms with E-state index in [1.54, 1.807) is 0 Å². The smallest absolute Gasteiger partial charge is 0.152 e. The van der Waals surface area contributed by atoms with E-state index in [2.05, 4.69) is 28.3 Å². The first kappa shape index (κ1) is 13.7. The van der Waals surface area contributed by atoms with Crippen LogP contribution < -0.4 is 4.90 Å². The van der Waals surface area contributed by atoms with Crippen LogP contribution in [-0.2, 0) is 5.88 Å². The van der Waals surface area contributed by atoms with Crippen LogP contribution in [-0.4, -0.2) is 47.5 Å². The van der Waals surface area contributed by atoms with Crippen molar-refractivity contribution in [2.24, 2.45) is 0 Å². The van der Waals surface area contributed by atoms with Gasteiger partial charge >= 0.3 is 0 Å². The van der Waals surface area contributed by atoms with E-state index in [1.165, 1.54) is 12.8 Å². The molecule has 5 heteroatoms. The number of imidazole rings is 1. The summed E-state index contributed by atoms with van der Waals surface area (Å²) in [6.45, 7) is 2.10. The highest BCUT2D eigenvalue weighted by atomic mass is 35.5. The van der Waals surface area contributed by atoms with E-state index in [0.717, 1.165) is 30.2 Å². The third kappa shape index (κ3) is 2.38. The lowest BCUT2D eigenvalue weighted by Gasteiger charge is -2.35. The molecule has 4 nitrogen and oxygen atoms in total. The molecule has 1 saturated heterocycles. The van der Waals surface area contributed by atoms with Crippen molar-refractivity contribution in [3.63, 3.8) is 0 Å². The third-order valence-corrected chi connectivity index (χ3v) is 4.48. The van der Waals surface area contributed by atoms with Crippen LogP contribution in [0.1, 0.15) is 18.5 Å². The average Bonchev–Trinajstić information content (AvgIpc) is 2.85. The van der Waals surface area contributed by atoms with E-state index >= 15 is 0 Å². The molecule has 1 aliphatic heterocycles. The molecule has 0 saturated carbocycles. The number of halogens is 1. The number of alkyl halides is 1. The first-order valence-corrected chi connectivity index (χ1v) is 7.67. The van der Waals surface area contributed by atoms with E-state index in [4.69, 9.17) is 16.6 Å². The lowest BCUT2D eigenvalue weighted by Crippen LogP contribution is -2.42. The second kappa shape index (κ2) is 5.62. The van der Waals surface area contributed by atoms with Crippen molar-refractivity contribution in [3.05, 3.63) is 30.1 Å². The zero-order valence-electron chi connectivity index (χ0n) is 12.1. The van der Waals surface area contributed by atoms with Gasteiger partial charge in [0.2, 0.25) is 0 Å². The Morgan fingerprint density at radius 3 is 2.70 bits per heavy atom. The summed E-state index contributed by atoms with van der Waals surface area (Å²) in [6, 6.07) is 6.75. The highest BCUT2D eigenvalue weighted by Crippen LogP contribution is 2.26. The Morgan fingerprint density at radius 1 is 1.30 bits per heavy atom. The van der Waals surface area contributed by atoms with Gasteiger partial charge < -0.3 is 14.2 Å². The van der Waals surface area contributed by atoms with E-state index in [0.29, 0.717) is 11.9 Å². The summed E-state index contributed by atoms with van der Waals surface area (Å²) >= 11 is 6.16. The summed E-state index contributed by atoms with van der Waals surface area (Å²) in [6.07, 6.45) is 4.40. The normalized spacial score (nSPS) is 17.3. The van der Waals surface area contributed by atoms with Gasteiger partial charge in [0.05, 0.1) is 11.6 Å². The van der Waals surface area contributed by atoms with Gasteiger partial charge in [-0.3, -0.25) is 0 Å². The minimum atomic E-state index is 0.494. The summed E-state index contributed by atoms with van der Waals surface area (Å²) < 4.78 is 2.10. The van der Waals surface area contributed by atoms with Crippen molar-refractivity contribution in [2.75, 3.05) is 32.1 Å². The molecule has 0 unspecified atom stereocenters. The highest BCUT2D eigenvalue weighted by Gasteiger charge is 2.24. The van der Waals surface area contributed by atoms with Crippen LogP contribution >= 0.6 is 11.6 Å². The Hall–Kier alpha value is -1.26. The molecule has 0 N–H and O–H groups in total. The van der Waals surface area contributed by atoms with Gasteiger partial charge in [0, 0.05) is 25.3 Å². The van der Waals surface area contributed by atoms with Gasteiger partial charge in [-0.25, -0.2) is 4.98 Å². The summed E-state index contributed by atoms with van der Waals surface area (Å²) in [7, 11) is 4.32. The van der Waals surface area contributed by atoms with Crippen LogP contribution in [0.25, 0.3) is 5.65 Å². The molecule has 0 aromatic carbocycles. The van der Waals surface area contributed by atoms with E-state index in [1.807, 2.05) is 24.4 Å². The van der Waals surface area contributed by atoms with Crippen molar-refractivity contribution in [1.82, 2.24) is 14.3 Å². The largest absolute Gasteiger partial charge is 0.355 e. The summed E-state index contributed by atoms with van der Waals surface area (Å²) in [5, 5.41) is 0. The Morgan fingerprint density at radius 2 is 2.05 bits per heavy atom. The maximum absolute atomic E-state index is 6.16. The van der Waals surface area contributed by atoms with Crippen LogP contribution in [0.3, 0.4) is 0 Å². The van der Waals surface area contributed by atoms with Gasteiger partial charge in [0.1, 0.15) is 5.65 Å². The Bertz CT molecular complexity index is 585. The molecule has 0 radical (unpaired) electrons. The molecule has 3 heterocycles. The molecule has 1 aliphatic rings. The van der Waals surface area contributed by atoms with Crippen LogP contribution in [0.2, 0.25) is 0 Å². The number of hydrogen-bond acceptors (Lipinski definition) is 3.